The SMILES string of the molecule is c1cc(Cn2cccn2)cc(NCC2CC2)c1. The second-order valence-corrected chi connectivity index (χ2v) is 4.73. The van der Waals surface area contributed by atoms with Gasteiger partial charge in [0, 0.05) is 24.6 Å². The molecule has 0 saturated heterocycles. The number of benzene rings is 1. The van der Waals surface area contributed by atoms with Gasteiger partial charge < -0.3 is 5.32 Å². The Labute approximate surface area is 101 Å². The highest BCUT2D eigenvalue weighted by Gasteiger charge is 2.20. The zero-order valence-electron chi connectivity index (χ0n) is 9.84. The Morgan fingerprint density at radius 2 is 2.24 bits per heavy atom. The molecule has 1 aromatic heterocycles. The Morgan fingerprint density at radius 3 is 3.00 bits per heavy atom. The van der Waals surface area contributed by atoms with Crippen molar-refractivity contribution in [1.29, 1.82) is 0 Å². The van der Waals surface area contributed by atoms with Crippen molar-refractivity contribution in [3.05, 3.63) is 48.3 Å². The van der Waals surface area contributed by atoms with Crippen LogP contribution in [0.5, 0.6) is 0 Å². The van der Waals surface area contributed by atoms with Crippen molar-refractivity contribution in [3.63, 3.8) is 0 Å². The van der Waals surface area contributed by atoms with E-state index >= 15 is 0 Å². The van der Waals surface area contributed by atoms with Crippen LogP contribution in [0.15, 0.2) is 42.7 Å². The topological polar surface area (TPSA) is 29.9 Å². The van der Waals surface area contributed by atoms with E-state index in [0.717, 1.165) is 19.0 Å². The third-order valence-electron chi connectivity index (χ3n) is 3.12. The number of aromatic nitrogens is 2. The minimum atomic E-state index is 0.839. The standard InChI is InChI=1S/C14H17N3/c1-3-13(11-17-8-2-7-16-17)9-14(4-1)15-10-12-5-6-12/h1-4,7-9,12,15H,5-6,10-11H2. The zero-order valence-corrected chi connectivity index (χ0v) is 9.84. The number of nitrogens with one attached hydrogen (secondary N) is 1. The summed E-state index contributed by atoms with van der Waals surface area (Å²) in [4.78, 5) is 0. The second-order valence-electron chi connectivity index (χ2n) is 4.73. The van der Waals surface area contributed by atoms with Gasteiger partial charge in [0.1, 0.15) is 0 Å². The summed E-state index contributed by atoms with van der Waals surface area (Å²) in [7, 11) is 0. The van der Waals surface area contributed by atoms with Gasteiger partial charge in [-0.15, -0.1) is 0 Å². The molecule has 0 atom stereocenters. The quantitative estimate of drug-likeness (QED) is 0.851. The molecule has 0 aliphatic heterocycles. The minimum Gasteiger partial charge on any atom is -0.385 e. The highest BCUT2D eigenvalue weighted by atomic mass is 15.3. The van der Waals surface area contributed by atoms with E-state index in [0.29, 0.717) is 0 Å². The van der Waals surface area contributed by atoms with Crippen LogP contribution in [0.25, 0.3) is 0 Å². The van der Waals surface area contributed by atoms with E-state index in [2.05, 4.69) is 34.7 Å². The lowest BCUT2D eigenvalue weighted by molar-refractivity contribution is 0.687. The first-order valence-electron chi connectivity index (χ1n) is 6.20. The second kappa shape index (κ2) is 4.62. The zero-order chi connectivity index (χ0) is 11.5. The van der Waals surface area contributed by atoms with Gasteiger partial charge >= 0.3 is 0 Å². The van der Waals surface area contributed by atoms with Crippen molar-refractivity contribution in [2.75, 3.05) is 11.9 Å². The summed E-state index contributed by atoms with van der Waals surface area (Å²) in [6.07, 6.45) is 6.58. The molecule has 17 heavy (non-hydrogen) atoms. The van der Waals surface area contributed by atoms with Gasteiger partial charge in [-0.3, -0.25) is 4.68 Å². The third-order valence-corrected chi connectivity index (χ3v) is 3.12. The smallest absolute Gasteiger partial charge is 0.0660 e. The van der Waals surface area contributed by atoms with Crippen molar-refractivity contribution < 1.29 is 0 Å². The number of hydrogen-bond acceptors (Lipinski definition) is 2. The molecule has 1 fully saturated rings. The summed E-state index contributed by atoms with van der Waals surface area (Å²) in [5, 5.41) is 7.72. The summed E-state index contributed by atoms with van der Waals surface area (Å²) in [5.41, 5.74) is 2.51. The molecule has 3 nitrogen and oxygen atoms in total. The van der Waals surface area contributed by atoms with Crippen LogP contribution in [0.4, 0.5) is 5.69 Å². The molecule has 0 bridgehead atoms. The lowest BCUT2D eigenvalue weighted by Gasteiger charge is -2.08. The number of hydrogen-bond donors (Lipinski definition) is 1. The Kier molecular flexibility index (Phi) is 2.82. The van der Waals surface area contributed by atoms with Crippen LogP contribution in [-0.2, 0) is 6.54 Å². The third kappa shape index (κ3) is 2.87. The summed E-state index contributed by atoms with van der Waals surface area (Å²) < 4.78 is 1.94. The van der Waals surface area contributed by atoms with Crippen molar-refractivity contribution in [2.24, 2.45) is 5.92 Å². The fourth-order valence-electron chi connectivity index (χ4n) is 1.94. The largest absolute Gasteiger partial charge is 0.385 e. The molecular weight excluding hydrogens is 210 g/mol. The molecule has 0 unspecified atom stereocenters. The van der Waals surface area contributed by atoms with Crippen molar-refractivity contribution >= 4 is 5.69 Å². The van der Waals surface area contributed by atoms with Crippen molar-refractivity contribution in [3.8, 4) is 0 Å². The summed E-state index contributed by atoms with van der Waals surface area (Å²) in [5.74, 6) is 0.907. The van der Waals surface area contributed by atoms with E-state index in [9.17, 15) is 0 Å². The monoisotopic (exact) mass is 227 g/mol. The first kappa shape index (κ1) is 10.4. The van der Waals surface area contributed by atoms with Crippen LogP contribution in [0, 0.1) is 5.92 Å². The van der Waals surface area contributed by atoms with Crippen LogP contribution in [0.2, 0.25) is 0 Å². The summed E-state index contributed by atoms with van der Waals surface area (Å²) in [6, 6.07) is 10.5. The van der Waals surface area contributed by atoms with E-state index in [1.807, 2.05) is 23.1 Å². The summed E-state index contributed by atoms with van der Waals surface area (Å²) in [6.45, 7) is 1.96. The van der Waals surface area contributed by atoms with Gasteiger partial charge in [0.2, 0.25) is 0 Å². The first-order chi connectivity index (χ1) is 8.40. The van der Waals surface area contributed by atoms with Gasteiger partial charge in [-0.2, -0.15) is 5.10 Å². The molecule has 0 spiro atoms. The molecule has 1 saturated carbocycles. The molecule has 3 rings (SSSR count). The highest BCUT2D eigenvalue weighted by molar-refractivity contribution is 5.45. The van der Waals surface area contributed by atoms with Crippen molar-refractivity contribution in [2.45, 2.75) is 19.4 Å². The average Bonchev–Trinajstić information content (AvgIpc) is 3.05. The molecule has 1 aromatic carbocycles. The maximum Gasteiger partial charge on any atom is 0.0660 e. The van der Waals surface area contributed by atoms with E-state index in [1.54, 1.807) is 0 Å². The Hall–Kier alpha value is -1.77. The molecule has 1 aliphatic carbocycles. The van der Waals surface area contributed by atoms with Crippen molar-refractivity contribution in [1.82, 2.24) is 9.78 Å². The molecule has 1 N–H and O–H groups in total. The highest BCUT2D eigenvalue weighted by Crippen LogP contribution is 2.29. The predicted octanol–water partition coefficient (Wildman–Crippen LogP) is 2.75. The molecule has 2 aromatic rings. The fourth-order valence-corrected chi connectivity index (χ4v) is 1.94. The maximum atomic E-state index is 4.22. The van der Waals surface area contributed by atoms with Gasteiger partial charge in [0.05, 0.1) is 6.54 Å². The average molecular weight is 227 g/mol. The van der Waals surface area contributed by atoms with E-state index in [1.165, 1.54) is 24.1 Å². The normalized spacial score (nSPS) is 14.8. The fraction of sp³-hybridized carbons (Fsp3) is 0.357. The predicted molar refractivity (Wildman–Crippen MR) is 69.0 cm³/mol. The van der Waals surface area contributed by atoms with Gasteiger partial charge in [0.15, 0.2) is 0 Å². The molecule has 0 radical (unpaired) electrons. The Balaban J connectivity index is 1.65. The molecule has 1 heterocycles. The number of anilines is 1. The van der Waals surface area contributed by atoms with Gasteiger partial charge in [-0.25, -0.2) is 0 Å². The Bertz CT molecular complexity index is 472. The molecule has 0 amide bonds. The van der Waals surface area contributed by atoms with Gasteiger partial charge in [0.25, 0.3) is 0 Å². The van der Waals surface area contributed by atoms with Gasteiger partial charge in [-0.1, -0.05) is 12.1 Å². The molecule has 1 aliphatic rings. The van der Waals surface area contributed by atoms with E-state index in [4.69, 9.17) is 0 Å². The Morgan fingerprint density at radius 1 is 1.29 bits per heavy atom. The summed E-state index contributed by atoms with van der Waals surface area (Å²) >= 11 is 0. The van der Waals surface area contributed by atoms with Crippen LogP contribution < -0.4 is 5.32 Å². The molecule has 88 valence electrons. The number of rotatable bonds is 5. The number of nitrogens with zero attached hydrogens (tertiary/aromatic N) is 2. The molecular formula is C14H17N3. The van der Waals surface area contributed by atoms with Gasteiger partial charge in [-0.05, 0) is 42.5 Å². The molecule has 3 heteroatoms. The van der Waals surface area contributed by atoms with Crippen LogP contribution in [0.3, 0.4) is 0 Å². The lowest BCUT2D eigenvalue weighted by Crippen LogP contribution is -2.04. The lowest BCUT2D eigenvalue weighted by atomic mass is 10.2. The van der Waals surface area contributed by atoms with E-state index in [-0.39, 0.29) is 0 Å². The first-order valence-corrected chi connectivity index (χ1v) is 6.20. The van der Waals surface area contributed by atoms with Crippen LogP contribution in [0.1, 0.15) is 18.4 Å². The van der Waals surface area contributed by atoms with Crippen LogP contribution in [-0.4, -0.2) is 16.3 Å². The van der Waals surface area contributed by atoms with E-state index < -0.39 is 0 Å². The van der Waals surface area contributed by atoms with Crippen LogP contribution >= 0.6 is 0 Å². The minimum absolute atomic E-state index is 0.839. The maximum absolute atomic E-state index is 4.22.